The quantitative estimate of drug-likeness (QED) is 0.797. The third-order valence-electron chi connectivity index (χ3n) is 4.81. The SMILES string of the molecule is CCc1ccc(OC2CC2)c(B2OC(C)(C)C(C)(C)O2)c1. The second-order valence-electron chi connectivity index (χ2n) is 7.13. The fourth-order valence-corrected chi connectivity index (χ4v) is 2.44. The van der Waals surface area contributed by atoms with Crippen LogP contribution in [0.3, 0.4) is 0 Å². The number of aryl methyl sites for hydroxylation is 1. The predicted octanol–water partition coefficient (Wildman–Crippen LogP) is 3.09. The summed E-state index contributed by atoms with van der Waals surface area (Å²) in [6, 6.07) is 6.36. The first-order chi connectivity index (χ1) is 9.82. The van der Waals surface area contributed by atoms with Gasteiger partial charge < -0.3 is 14.0 Å². The molecule has 0 atom stereocenters. The van der Waals surface area contributed by atoms with Crippen LogP contribution in [0.4, 0.5) is 0 Å². The molecule has 1 heterocycles. The summed E-state index contributed by atoms with van der Waals surface area (Å²) >= 11 is 0. The van der Waals surface area contributed by atoms with Crippen molar-refractivity contribution in [1.82, 2.24) is 0 Å². The van der Waals surface area contributed by atoms with Crippen LogP contribution >= 0.6 is 0 Å². The Balaban J connectivity index is 1.92. The van der Waals surface area contributed by atoms with E-state index in [0.717, 1.165) is 30.5 Å². The summed E-state index contributed by atoms with van der Waals surface area (Å²) in [5, 5.41) is 0. The molecule has 0 aromatic heterocycles. The third-order valence-corrected chi connectivity index (χ3v) is 4.81. The molecule has 1 aromatic rings. The highest BCUT2D eigenvalue weighted by atomic mass is 16.7. The Morgan fingerprint density at radius 3 is 2.29 bits per heavy atom. The molecule has 1 aromatic carbocycles. The molecule has 4 heteroatoms. The second-order valence-corrected chi connectivity index (χ2v) is 7.13. The third kappa shape index (κ3) is 2.84. The maximum Gasteiger partial charge on any atom is 0.498 e. The second kappa shape index (κ2) is 5.03. The van der Waals surface area contributed by atoms with E-state index >= 15 is 0 Å². The summed E-state index contributed by atoms with van der Waals surface area (Å²) < 4.78 is 18.4. The van der Waals surface area contributed by atoms with Crippen molar-refractivity contribution in [3.63, 3.8) is 0 Å². The van der Waals surface area contributed by atoms with Crippen LogP contribution in [0.15, 0.2) is 18.2 Å². The molecule has 114 valence electrons. The number of hydrogen-bond donors (Lipinski definition) is 0. The van der Waals surface area contributed by atoms with Gasteiger partial charge in [0.15, 0.2) is 0 Å². The van der Waals surface area contributed by atoms with Crippen molar-refractivity contribution >= 4 is 12.6 Å². The van der Waals surface area contributed by atoms with Crippen molar-refractivity contribution in [3.8, 4) is 5.75 Å². The number of rotatable bonds is 4. The van der Waals surface area contributed by atoms with Gasteiger partial charge in [-0.2, -0.15) is 0 Å². The van der Waals surface area contributed by atoms with Crippen LogP contribution in [0.25, 0.3) is 0 Å². The molecule has 1 aliphatic heterocycles. The van der Waals surface area contributed by atoms with Gasteiger partial charge in [0.25, 0.3) is 0 Å². The Bertz CT molecular complexity index is 519. The van der Waals surface area contributed by atoms with Gasteiger partial charge in [0.2, 0.25) is 0 Å². The van der Waals surface area contributed by atoms with E-state index in [4.69, 9.17) is 14.0 Å². The highest BCUT2D eigenvalue weighted by molar-refractivity contribution is 6.63. The van der Waals surface area contributed by atoms with Crippen molar-refractivity contribution < 1.29 is 14.0 Å². The van der Waals surface area contributed by atoms with Crippen molar-refractivity contribution in [2.45, 2.75) is 71.2 Å². The first-order valence-corrected chi connectivity index (χ1v) is 7.97. The zero-order valence-electron chi connectivity index (χ0n) is 13.7. The first kappa shape index (κ1) is 14.9. The average Bonchev–Trinajstić information content (AvgIpc) is 3.18. The Morgan fingerprint density at radius 1 is 1.14 bits per heavy atom. The van der Waals surface area contributed by atoms with E-state index in [9.17, 15) is 0 Å². The Kier molecular flexibility index (Phi) is 3.57. The van der Waals surface area contributed by atoms with Gasteiger partial charge in [0.05, 0.1) is 17.3 Å². The van der Waals surface area contributed by atoms with Crippen LogP contribution in [-0.2, 0) is 15.7 Å². The normalized spacial score (nSPS) is 23.4. The summed E-state index contributed by atoms with van der Waals surface area (Å²) in [5.74, 6) is 0.910. The van der Waals surface area contributed by atoms with Gasteiger partial charge in [-0.3, -0.25) is 0 Å². The molecule has 0 N–H and O–H groups in total. The molecule has 3 nitrogen and oxygen atoms in total. The lowest BCUT2D eigenvalue weighted by atomic mass is 9.77. The van der Waals surface area contributed by atoms with Crippen LogP contribution in [0, 0.1) is 0 Å². The summed E-state index contributed by atoms with van der Waals surface area (Å²) in [4.78, 5) is 0. The fourth-order valence-electron chi connectivity index (χ4n) is 2.44. The number of hydrogen-bond acceptors (Lipinski definition) is 3. The minimum absolute atomic E-state index is 0.323. The Hall–Kier alpha value is -0.995. The van der Waals surface area contributed by atoms with Crippen LogP contribution in [0.5, 0.6) is 5.75 Å². The highest BCUT2D eigenvalue weighted by Gasteiger charge is 2.52. The molecule has 3 rings (SSSR count). The van der Waals surface area contributed by atoms with Gasteiger partial charge >= 0.3 is 7.12 Å². The van der Waals surface area contributed by atoms with Crippen LogP contribution in [-0.4, -0.2) is 24.4 Å². The molecule has 0 unspecified atom stereocenters. The fraction of sp³-hybridized carbons (Fsp3) is 0.647. The van der Waals surface area contributed by atoms with Gasteiger partial charge in [0, 0.05) is 5.46 Å². The van der Waals surface area contributed by atoms with Gasteiger partial charge in [-0.25, -0.2) is 0 Å². The molecule has 1 aliphatic carbocycles. The van der Waals surface area contributed by atoms with E-state index in [2.05, 4.69) is 52.8 Å². The zero-order valence-corrected chi connectivity index (χ0v) is 13.7. The van der Waals surface area contributed by atoms with Gasteiger partial charge in [0.1, 0.15) is 5.75 Å². The van der Waals surface area contributed by atoms with E-state index in [1.54, 1.807) is 0 Å². The van der Waals surface area contributed by atoms with E-state index in [1.807, 2.05) is 0 Å². The smallest absolute Gasteiger partial charge is 0.491 e. The monoisotopic (exact) mass is 288 g/mol. The lowest BCUT2D eigenvalue weighted by Crippen LogP contribution is -2.41. The highest BCUT2D eigenvalue weighted by Crippen LogP contribution is 2.37. The Labute approximate surface area is 128 Å². The summed E-state index contributed by atoms with van der Waals surface area (Å²) in [7, 11) is -0.352. The minimum atomic E-state index is -0.352. The van der Waals surface area contributed by atoms with Crippen molar-refractivity contribution in [2.24, 2.45) is 0 Å². The lowest BCUT2D eigenvalue weighted by Gasteiger charge is -2.32. The lowest BCUT2D eigenvalue weighted by molar-refractivity contribution is 0.00578. The van der Waals surface area contributed by atoms with Crippen LogP contribution in [0.1, 0.15) is 53.0 Å². The van der Waals surface area contributed by atoms with E-state index in [0.29, 0.717) is 6.10 Å². The summed E-state index contributed by atoms with van der Waals surface area (Å²) in [6.45, 7) is 10.5. The molecule has 2 aliphatic rings. The maximum absolute atomic E-state index is 6.19. The van der Waals surface area contributed by atoms with Crippen LogP contribution in [0.2, 0.25) is 0 Å². The topological polar surface area (TPSA) is 27.7 Å². The predicted molar refractivity (Wildman–Crippen MR) is 85.2 cm³/mol. The molecule has 0 bridgehead atoms. The van der Waals surface area contributed by atoms with Gasteiger partial charge in [-0.05, 0) is 58.6 Å². The molecule has 2 fully saturated rings. The number of ether oxygens (including phenoxy) is 1. The number of benzene rings is 1. The van der Waals surface area contributed by atoms with Crippen molar-refractivity contribution in [1.29, 1.82) is 0 Å². The average molecular weight is 288 g/mol. The summed E-state index contributed by atoms with van der Waals surface area (Å²) in [5.41, 5.74) is 1.66. The van der Waals surface area contributed by atoms with Crippen LogP contribution < -0.4 is 10.2 Å². The molecule has 0 radical (unpaired) electrons. The minimum Gasteiger partial charge on any atom is -0.491 e. The standard InChI is InChI=1S/C17H25BO3/c1-6-12-7-10-15(19-13-8-9-13)14(11-12)18-20-16(2,3)17(4,5)21-18/h7,10-11,13H,6,8-9H2,1-5H3. The molecular formula is C17H25BO3. The van der Waals surface area contributed by atoms with E-state index in [1.165, 1.54) is 5.56 Å². The van der Waals surface area contributed by atoms with Gasteiger partial charge in [-0.15, -0.1) is 0 Å². The van der Waals surface area contributed by atoms with Gasteiger partial charge in [-0.1, -0.05) is 19.1 Å². The first-order valence-electron chi connectivity index (χ1n) is 7.97. The summed E-state index contributed by atoms with van der Waals surface area (Å²) in [6.07, 6.45) is 3.67. The maximum atomic E-state index is 6.19. The largest absolute Gasteiger partial charge is 0.498 e. The molecule has 1 saturated carbocycles. The Morgan fingerprint density at radius 2 is 1.76 bits per heavy atom. The zero-order chi connectivity index (χ0) is 15.3. The van der Waals surface area contributed by atoms with Crippen molar-refractivity contribution in [3.05, 3.63) is 23.8 Å². The van der Waals surface area contributed by atoms with E-state index < -0.39 is 0 Å². The molecular weight excluding hydrogens is 263 g/mol. The molecule has 21 heavy (non-hydrogen) atoms. The molecule has 0 spiro atoms. The van der Waals surface area contributed by atoms with Crippen molar-refractivity contribution in [2.75, 3.05) is 0 Å². The van der Waals surface area contributed by atoms with E-state index in [-0.39, 0.29) is 18.3 Å². The molecule has 1 saturated heterocycles. The molecule has 0 amide bonds.